The third kappa shape index (κ3) is 3.35. The summed E-state index contributed by atoms with van der Waals surface area (Å²) in [7, 11) is 0. The average molecular weight is 259 g/mol. The molecule has 0 bridgehead atoms. The first-order valence-corrected chi connectivity index (χ1v) is 7.07. The van der Waals surface area contributed by atoms with Crippen LogP contribution >= 0.6 is 0 Å². The lowest BCUT2D eigenvalue weighted by Gasteiger charge is -2.22. The summed E-state index contributed by atoms with van der Waals surface area (Å²) in [6.07, 6.45) is 3.16. The molecule has 0 atom stereocenters. The van der Waals surface area contributed by atoms with Gasteiger partial charge >= 0.3 is 0 Å². The van der Waals surface area contributed by atoms with Gasteiger partial charge in [-0.3, -0.25) is 0 Å². The van der Waals surface area contributed by atoms with Crippen LogP contribution in [-0.2, 0) is 6.42 Å². The van der Waals surface area contributed by atoms with Crippen LogP contribution in [0, 0.1) is 19.3 Å². The minimum atomic E-state index is 0.290. The molecule has 1 aromatic carbocycles. The standard InChI is InChI=1S/C16H25N3/c1-11-9-12(2)15-13(10-11)18-14(19-15)5-6-16(3,4)7-8-17/h9-10H,5-8,17H2,1-4H3,(H,18,19). The Labute approximate surface area is 115 Å². The number of rotatable bonds is 5. The van der Waals surface area contributed by atoms with Crippen molar-refractivity contribution in [2.75, 3.05) is 6.54 Å². The number of imidazole rings is 1. The maximum Gasteiger partial charge on any atom is 0.107 e. The van der Waals surface area contributed by atoms with Crippen LogP contribution in [-0.4, -0.2) is 16.5 Å². The van der Waals surface area contributed by atoms with Gasteiger partial charge in [0.1, 0.15) is 5.82 Å². The van der Waals surface area contributed by atoms with Gasteiger partial charge in [-0.15, -0.1) is 0 Å². The number of H-pyrrole nitrogens is 1. The molecule has 3 heteroatoms. The second-order valence-electron chi connectivity index (χ2n) is 6.36. The topological polar surface area (TPSA) is 54.7 Å². The molecule has 0 unspecified atom stereocenters. The first-order valence-electron chi connectivity index (χ1n) is 7.07. The zero-order chi connectivity index (χ0) is 14.0. The molecule has 0 amide bonds. The van der Waals surface area contributed by atoms with Crippen molar-refractivity contribution in [2.24, 2.45) is 11.1 Å². The third-order valence-corrected chi connectivity index (χ3v) is 3.83. The fraction of sp³-hybridized carbons (Fsp3) is 0.562. The maximum atomic E-state index is 5.66. The molecule has 0 radical (unpaired) electrons. The van der Waals surface area contributed by atoms with Crippen LogP contribution in [0.25, 0.3) is 11.0 Å². The van der Waals surface area contributed by atoms with Gasteiger partial charge in [0.15, 0.2) is 0 Å². The van der Waals surface area contributed by atoms with Crippen LogP contribution in [0.5, 0.6) is 0 Å². The number of hydrogen-bond acceptors (Lipinski definition) is 2. The van der Waals surface area contributed by atoms with Crippen LogP contribution < -0.4 is 5.73 Å². The molecular weight excluding hydrogens is 234 g/mol. The summed E-state index contributed by atoms with van der Waals surface area (Å²) in [4.78, 5) is 8.18. The summed E-state index contributed by atoms with van der Waals surface area (Å²) in [5, 5.41) is 0. The van der Waals surface area contributed by atoms with Crippen molar-refractivity contribution < 1.29 is 0 Å². The molecule has 1 aromatic heterocycles. The summed E-state index contributed by atoms with van der Waals surface area (Å²) in [6.45, 7) is 9.55. The largest absolute Gasteiger partial charge is 0.342 e. The summed E-state index contributed by atoms with van der Waals surface area (Å²) in [5.74, 6) is 1.09. The normalized spacial score (nSPS) is 12.3. The lowest BCUT2D eigenvalue weighted by molar-refractivity contribution is 0.311. The SMILES string of the molecule is Cc1cc(C)c2nc(CCC(C)(C)CCN)[nH]c2c1. The van der Waals surface area contributed by atoms with Crippen molar-refractivity contribution in [3.8, 4) is 0 Å². The number of benzene rings is 1. The molecule has 0 fully saturated rings. The summed E-state index contributed by atoms with van der Waals surface area (Å²) in [5.41, 5.74) is 10.7. The number of fused-ring (bicyclic) bond motifs is 1. The van der Waals surface area contributed by atoms with Crippen LogP contribution in [0.2, 0.25) is 0 Å². The van der Waals surface area contributed by atoms with Gasteiger partial charge in [-0.1, -0.05) is 19.9 Å². The Kier molecular flexibility index (Phi) is 3.95. The molecule has 0 aliphatic heterocycles. The molecule has 0 saturated heterocycles. The predicted octanol–water partition coefficient (Wildman–Crippen LogP) is 3.49. The van der Waals surface area contributed by atoms with Crippen LogP contribution in [0.15, 0.2) is 12.1 Å². The number of aromatic amines is 1. The van der Waals surface area contributed by atoms with Crippen LogP contribution in [0.3, 0.4) is 0 Å². The quantitative estimate of drug-likeness (QED) is 0.863. The van der Waals surface area contributed by atoms with Crippen molar-refractivity contribution in [3.05, 3.63) is 29.1 Å². The molecule has 104 valence electrons. The Morgan fingerprint density at radius 3 is 2.63 bits per heavy atom. The highest BCUT2D eigenvalue weighted by atomic mass is 14.9. The van der Waals surface area contributed by atoms with E-state index in [1.54, 1.807) is 0 Å². The molecule has 0 saturated carbocycles. The summed E-state index contributed by atoms with van der Waals surface area (Å²) >= 11 is 0. The second kappa shape index (κ2) is 5.33. The van der Waals surface area contributed by atoms with E-state index >= 15 is 0 Å². The number of aryl methyl sites for hydroxylation is 3. The average Bonchev–Trinajstić information content (AvgIpc) is 2.70. The monoisotopic (exact) mass is 259 g/mol. The minimum absolute atomic E-state index is 0.290. The number of hydrogen-bond donors (Lipinski definition) is 2. The minimum Gasteiger partial charge on any atom is -0.342 e. The fourth-order valence-corrected chi connectivity index (χ4v) is 2.61. The fourth-order valence-electron chi connectivity index (χ4n) is 2.61. The zero-order valence-electron chi connectivity index (χ0n) is 12.5. The van der Waals surface area contributed by atoms with Gasteiger partial charge in [-0.25, -0.2) is 4.98 Å². The van der Waals surface area contributed by atoms with Gasteiger partial charge in [-0.05, 0) is 55.8 Å². The molecule has 2 rings (SSSR count). The van der Waals surface area contributed by atoms with Gasteiger partial charge < -0.3 is 10.7 Å². The van der Waals surface area contributed by atoms with Gasteiger partial charge in [0, 0.05) is 6.42 Å². The molecule has 19 heavy (non-hydrogen) atoms. The van der Waals surface area contributed by atoms with E-state index in [0.717, 1.165) is 42.7 Å². The lowest BCUT2D eigenvalue weighted by Crippen LogP contribution is -2.18. The van der Waals surface area contributed by atoms with Gasteiger partial charge in [0.2, 0.25) is 0 Å². The molecular formula is C16H25N3. The van der Waals surface area contributed by atoms with E-state index in [2.05, 4.69) is 44.8 Å². The Bertz CT molecular complexity index is 567. The van der Waals surface area contributed by atoms with E-state index in [4.69, 9.17) is 10.7 Å². The van der Waals surface area contributed by atoms with E-state index in [1.807, 2.05) is 0 Å². The van der Waals surface area contributed by atoms with Gasteiger partial charge in [0.25, 0.3) is 0 Å². The van der Waals surface area contributed by atoms with Crippen molar-refractivity contribution in [3.63, 3.8) is 0 Å². The van der Waals surface area contributed by atoms with Crippen molar-refractivity contribution in [2.45, 2.75) is 47.0 Å². The van der Waals surface area contributed by atoms with E-state index in [9.17, 15) is 0 Å². The maximum absolute atomic E-state index is 5.66. The number of nitrogens with one attached hydrogen (secondary N) is 1. The van der Waals surface area contributed by atoms with Crippen molar-refractivity contribution in [1.82, 2.24) is 9.97 Å². The smallest absolute Gasteiger partial charge is 0.107 e. The van der Waals surface area contributed by atoms with E-state index in [-0.39, 0.29) is 0 Å². The highest BCUT2D eigenvalue weighted by Crippen LogP contribution is 2.26. The van der Waals surface area contributed by atoms with Crippen molar-refractivity contribution >= 4 is 11.0 Å². The van der Waals surface area contributed by atoms with E-state index in [1.165, 1.54) is 11.1 Å². The van der Waals surface area contributed by atoms with Crippen LogP contribution in [0.4, 0.5) is 0 Å². The van der Waals surface area contributed by atoms with E-state index in [0.29, 0.717) is 5.41 Å². The summed E-state index contributed by atoms with van der Waals surface area (Å²) < 4.78 is 0. The first-order chi connectivity index (χ1) is 8.91. The number of nitrogens with two attached hydrogens (primary N) is 1. The molecule has 1 heterocycles. The van der Waals surface area contributed by atoms with Crippen LogP contribution in [0.1, 0.15) is 43.6 Å². The van der Waals surface area contributed by atoms with Crippen molar-refractivity contribution in [1.29, 1.82) is 0 Å². The molecule has 3 N–H and O–H groups in total. The van der Waals surface area contributed by atoms with Gasteiger partial charge in [-0.2, -0.15) is 0 Å². The highest BCUT2D eigenvalue weighted by Gasteiger charge is 2.17. The Balaban J connectivity index is 2.16. The Hall–Kier alpha value is -1.35. The molecule has 0 aliphatic rings. The Morgan fingerprint density at radius 2 is 1.95 bits per heavy atom. The second-order valence-corrected chi connectivity index (χ2v) is 6.36. The molecule has 3 nitrogen and oxygen atoms in total. The summed E-state index contributed by atoms with van der Waals surface area (Å²) in [6, 6.07) is 4.36. The van der Waals surface area contributed by atoms with Gasteiger partial charge in [0.05, 0.1) is 11.0 Å². The lowest BCUT2D eigenvalue weighted by atomic mass is 9.84. The predicted molar refractivity (Wildman–Crippen MR) is 81.3 cm³/mol. The number of aromatic nitrogens is 2. The van der Waals surface area contributed by atoms with E-state index < -0.39 is 0 Å². The Morgan fingerprint density at radius 1 is 1.21 bits per heavy atom. The third-order valence-electron chi connectivity index (χ3n) is 3.83. The molecule has 2 aromatic rings. The molecule has 0 spiro atoms. The zero-order valence-corrected chi connectivity index (χ0v) is 12.5. The molecule has 0 aliphatic carbocycles. The first kappa shape index (κ1) is 14.1. The number of nitrogens with zero attached hydrogens (tertiary/aromatic N) is 1. The highest BCUT2D eigenvalue weighted by molar-refractivity contribution is 5.79.